The summed E-state index contributed by atoms with van der Waals surface area (Å²) in [6.07, 6.45) is 4.70. The van der Waals surface area contributed by atoms with Gasteiger partial charge in [-0.3, -0.25) is 0 Å². The van der Waals surface area contributed by atoms with Gasteiger partial charge in [-0.05, 0) is 31.7 Å². The van der Waals surface area contributed by atoms with Gasteiger partial charge in [0, 0.05) is 17.5 Å². The fourth-order valence-electron chi connectivity index (χ4n) is 2.90. The third-order valence-corrected chi connectivity index (χ3v) is 5.08. The zero-order valence-electron chi connectivity index (χ0n) is 11.5. The number of fused-ring (bicyclic) bond motifs is 1. The summed E-state index contributed by atoms with van der Waals surface area (Å²) in [6.45, 7) is 5.50. The van der Waals surface area contributed by atoms with E-state index in [2.05, 4.69) is 34.8 Å². The molecule has 5 heteroatoms. The van der Waals surface area contributed by atoms with Crippen molar-refractivity contribution < 1.29 is 0 Å². The fraction of sp³-hybridized carbons (Fsp3) is 0.571. The first kappa shape index (κ1) is 12.7. The van der Waals surface area contributed by atoms with Gasteiger partial charge in [0.05, 0.1) is 5.39 Å². The average Bonchev–Trinajstić information content (AvgIpc) is 3.02. The normalized spacial score (nSPS) is 19.5. The zero-order valence-corrected chi connectivity index (χ0v) is 12.3. The predicted octanol–water partition coefficient (Wildman–Crippen LogP) is 3.21. The van der Waals surface area contributed by atoms with Crippen molar-refractivity contribution in [2.45, 2.75) is 45.6 Å². The van der Waals surface area contributed by atoms with Gasteiger partial charge in [0.25, 0.3) is 0 Å². The van der Waals surface area contributed by atoms with Gasteiger partial charge < -0.3 is 10.6 Å². The second-order valence-corrected chi connectivity index (χ2v) is 6.20. The second-order valence-electron chi connectivity index (χ2n) is 5.09. The number of nitrogens with two attached hydrogens (primary N) is 1. The highest BCUT2D eigenvalue weighted by atomic mass is 32.1. The molecule has 1 aliphatic heterocycles. The van der Waals surface area contributed by atoms with Gasteiger partial charge in [-0.2, -0.15) is 4.98 Å². The van der Waals surface area contributed by atoms with E-state index in [9.17, 15) is 0 Å². The molecule has 1 atom stereocenters. The standard InChI is InChI=1S/C14H20N4S/c1-3-9-6-5-7-18(9)12-11-8-10(4-2)19-13(11)17-14(15)16-12/h8-9H,3-7H2,1-2H3,(H2,15,16,17). The lowest BCUT2D eigenvalue weighted by atomic mass is 10.1. The average molecular weight is 276 g/mol. The van der Waals surface area contributed by atoms with Crippen LogP contribution in [0.15, 0.2) is 6.07 Å². The van der Waals surface area contributed by atoms with Gasteiger partial charge in [0.1, 0.15) is 10.6 Å². The maximum absolute atomic E-state index is 5.89. The Morgan fingerprint density at radius 3 is 3.00 bits per heavy atom. The van der Waals surface area contributed by atoms with E-state index in [1.54, 1.807) is 11.3 Å². The first-order chi connectivity index (χ1) is 9.22. The van der Waals surface area contributed by atoms with Crippen LogP contribution in [0, 0.1) is 0 Å². The van der Waals surface area contributed by atoms with Gasteiger partial charge in [0.2, 0.25) is 5.95 Å². The number of rotatable bonds is 3. The van der Waals surface area contributed by atoms with Crippen LogP contribution in [0.3, 0.4) is 0 Å². The molecule has 0 aromatic carbocycles. The Balaban J connectivity index is 2.13. The first-order valence-corrected chi connectivity index (χ1v) is 7.87. The Hall–Kier alpha value is -1.36. The summed E-state index contributed by atoms with van der Waals surface area (Å²) in [7, 11) is 0. The second kappa shape index (κ2) is 4.96. The van der Waals surface area contributed by atoms with E-state index in [0.717, 1.165) is 30.0 Å². The minimum Gasteiger partial charge on any atom is -0.368 e. The molecule has 1 saturated heterocycles. The van der Waals surface area contributed by atoms with Crippen LogP contribution in [-0.2, 0) is 6.42 Å². The lowest BCUT2D eigenvalue weighted by Crippen LogP contribution is -2.29. The largest absolute Gasteiger partial charge is 0.368 e. The number of nitrogen functional groups attached to an aromatic ring is 1. The molecular formula is C14H20N4S. The van der Waals surface area contributed by atoms with E-state index < -0.39 is 0 Å². The highest BCUT2D eigenvalue weighted by Gasteiger charge is 2.26. The number of hydrogen-bond donors (Lipinski definition) is 1. The van der Waals surface area contributed by atoms with Crippen LogP contribution in [0.5, 0.6) is 0 Å². The maximum Gasteiger partial charge on any atom is 0.223 e. The summed E-state index contributed by atoms with van der Waals surface area (Å²) in [5.74, 6) is 1.44. The molecule has 4 nitrogen and oxygen atoms in total. The lowest BCUT2D eigenvalue weighted by Gasteiger charge is -2.25. The third-order valence-electron chi connectivity index (χ3n) is 3.91. The van der Waals surface area contributed by atoms with Crippen molar-refractivity contribution >= 4 is 33.3 Å². The molecule has 0 saturated carbocycles. The quantitative estimate of drug-likeness (QED) is 0.935. The topological polar surface area (TPSA) is 55.0 Å². The van der Waals surface area contributed by atoms with E-state index in [0.29, 0.717) is 12.0 Å². The van der Waals surface area contributed by atoms with Gasteiger partial charge in [0.15, 0.2) is 0 Å². The van der Waals surface area contributed by atoms with Crippen LogP contribution in [-0.4, -0.2) is 22.6 Å². The summed E-state index contributed by atoms with van der Waals surface area (Å²) in [5.41, 5.74) is 5.89. The van der Waals surface area contributed by atoms with E-state index >= 15 is 0 Å². The Labute approximate surface area is 117 Å². The number of nitrogens with zero attached hydrogens (tertiary/aromatic N) is 3. The van der Waals surface area contributed by atoms with Crippen molar-refractivity contribution in [2.24, 2.45) is 0 Å². The Bertz CT molecular complexity index is 592. The van der Waals surface area contributed by atoms with Crippen molar-refractivity contribution in [2.75, 3.05) is 17.2 Å². The molecule has 0 bridgehead atoms. The van der Waals surface area contributed by atoms with Crippen molar-refractivity contribution in [3.05, 3.63) is 10.9 Å². The van der Waals surface area contributed by atoms with Crippen LogP contribution in [0.1, 0.15) is 38.0 Å². The van der Waals surface area contributed by atoms with Crippen molar-refractivity contribution in [1.82, 2.24) is 9.97 Å². The van der Waals surface area contributed by atoms with Crippen molar-refractivity contribution in [3.63, 3.8) is 0 Å². The van der Waals surface area contributed by atoms with Crippen LogP contribution in [0.4, 0.5) is 11.8 Å². The van der Waals surface area contributed by atoms with Crippen LogP contribution in [0.25, 0.3) is 10.2 Å². The van der Waals surface area contributed by atoms with Crippen molar-refractivity contribution in [1.29, 1.82) is 0 Å². The van der Waals surface area contributed by atoms with E-state index in [-0.39, 0.29) is 0 Å². The molecule has 0 spiro atoms. The SMILES string of the molecule is CCc1cc2c(N3CCCC3CC)nc(N)nc2s1. The molecule has 102 valence electrons. The predicted molar refractivity (Wildman–Crippen MR) is 81.9 cm³/mol. The number of aryl methyl sites for hydroxylation is 1. The minimum absolute atomic E-state index is 0.397. The van der Waals surface area contributed by atoms with Gasteiger partial charge in [-0.25, -0.2) is 4.98 Å². The van der Waals surface area contributed by atoms with E-state index in [1.807, 2.05) is 0 Å². The molecule has 2 aromatic heterocycles. The van der Waals surface area contributed by atoms with Gasteiger partial charge in [-0.1, -0.05) is 13.8 Å². The molecule has 3 rings (SSSR count). The molecule has 1 fully saturated rings. The number of aromatic nitrogens is 2. The summed E-state index contributed by atoms with van der Waals surface area (Å²) < 4.78 is 0. The minimum atomic E-state index is 0.397. The summed E-state index contributed by atoms with van der Waals surface area (Å²) in [5, 5.41) is 1.18. The Kier molecular flexibility index (Phi) is 3.31. The fourth-order valence-corrected chi connectivity index (χ4v) is 3.87. The lowest BCUT2D eigenvalue weighted by molar-refractivity contribution is 0.642. The van der Waals surface area contributed by atoms with E-state index in [4.69, 9.17) is 5.73 Å². The third kappa shape index (κ3) is 2.16. The summed E-state index contributed by atoms with van der Waals surface area (Å²) >= 11 is 1.74. The highest BCUT2D eigenvalue weighted by Crippen LogP contribution is 2.35. The zero-order chi connectivity index (χ0) is 13.4. The highest BCUT2D eigenvalue weighted by molar-refractivity contribution is 7.18. The molecule has 1 unspecified atom stereocenters. The molecule has 2 N–H and O–H groups in total. The molecule has 0 aliphatic carbocycles. The van der Waals surface area contributed by atoms with Crippen molar-refractivity contribution in [3.8, 4) is 0 Å². The molecule has 0 radical (unpaired) electrons. The van der Waals surface area contributed by atoms with Crippen LogP contribution in [0.2, 0.25) is 0 Å². The summed E-state index contributed by atoms with van der Waals surface area (Å²) in [6, 6.07) is 2.84. The van der Waals surface area contributed by atoms with Gasteiger partial charge in [-0.15, -0.1) is 11.3 Å². The Morgan fingerprint density at radius 2 is 2.26 bits per heavy atom. The van der Waals surface area contributed by atoms with Gasteiger partial charge >= 0.3 is 0 Å². The number of anilines is 2. The van der Waals surface area contributed by atoms with Crippen LogP contribution < -0.4 is 10.6 Å². The number of thiophene rings is 1. The summed E-state index contributed by atoms with van der Waals surface area (Å²) in [4.78, 5) is 13.7. The molecule has 3 heterocycles. The molecule has 19 heavy (non-hydrogen) atoms. The Morgan fingerprint density at radius 1 is 1.42 bits per heavy atom. The molecule has 0 amide bonds. The smallest absolute Gasteiger partial charge is 0.223 e. The first-order valence-electron chi connectivity index (χ1n) is 7.05. The van der Waals surface area contributed by atoms with E-state index in [1.165, 1.54) is 23.1 Å². The monoisotopic (exact) mass is 276 g/mol. The molecular weight excluding hydrogens is 256 g/mol. The molecule has 2 aromatic rings. The molecule has 1 aliphatic rings. The number of hydrogen-bond acceptors (Lipinski definition) is 5. The maximum atomic E-state index is 5.89. The van der Waals surface area contributed by atoms with Crippen LogP contribution >= 0.6 is 11.3 Å².